The van der Waals surface area contributed by atoms with Gasteiger partial charge in [-0.15, -0.1) is 0 Å². The first-order valence-electron chi connectivity index (χ1n) is 7.12. The number of morpholine rings is 1. The number of ether oxygens (including phenoxy) is 1. The average molecular weight is 251 g/mol. The van der Waals surface area contributed by atoms with E-state index in [2.05, 4.69) is 30.1 Å². The molecule has 4 nitrogen and oxygen atoms in total. The molecule has 0 aromatic carbocycles. The fourth-order valence-electron chi connectivity index (χ4n) is 3.27. The van der Waals surface area contributed by atoms with Crippen LogP contribution in [0.25, 0.3) is 0 Å². The molecule has 0 aromatic rings. The number of hydrogen-bond acceptors (Lipinski definition) is 4. The molecule has 2 bridgehead atoms. The number of nitriles is 1. The van der Waals surface area contributed by atoms with E-state index in [1.807, 2.05) is 6.92 Å². The Balaban J connectivity index is 1.91. The SMILES string of the molecule is CCNC(C)(C#N)CC(C)N1CC2CCC(C1)O2. The molecule has 1 N–H and O–H groups in total. The molecule has 2 heterocycles. The largest absolute Gasteiger partial charge is 0.372 e. The number of likely N-dealkylation sites (tertiary alicyclic amines) is 1. The van der Waals surface area contributed by atoms with E-state index in [1.54, 1.807) is 0 Å². The Morgan fingerprint density at radius 3 is 2.56 bits per heavy atom. The standard InChI is InChI=1S/C14H25N3O/c1-4-16-14(3,10-15)7-11(2)17-8-12-5-6-13(9-17)18-12/h11-13,16H,4-9H2,1-3H3. The predicted molar refractivity (Wildman–Crippen MR) is 71.2 cm³/mol. The molecule has 2 aliphatic heterocycles. The molecule has 0 radical (unpaired) electrons. The predicted octanol–water partition coefficient (Wildman–Crippen LogP) is 1.52. The third-order valence-corrected chi connectivity index (χ3v) is 4.21. The van der Waals surface area contributed by atoms with Crippen LogP contribution in [-0.4, -0.2) is 48.3 Å². The number of hydrogen-bond donors (Lipinski definition) is 1. The molecule has 18 heavy (non-hydrogen) atoms. The third-order valence-electron chi connectivity index (χ3n) is 4.21. The van der Waals surface area contributed by atoms with Crippen LogP contribution in [-0.2, 0) is 4.74 Å². The average Bonchev–Trinajstić information content (AvgIpc) is 2.68. The molecule has 4 unspecified atom stereocenters. The van der Waals surface area contributed by atoms with Crippen molar-refractivity contribution in [3.63, 3.8) is 0 Å². The van der Waals surface area contributed by atoms with E-state index >= 15 is 0 Å². The fourth-order valence-corrected chi connectivity index (χ4v) is 3.27. The van der Waals surface area contributed by atoms with Crippen LogP contribution < -0.4 is 5.32 Å². The van der Waals surface area contributed by atoms with Gasteiger partial charge in [0.1, 0.15) is 5.54 Å². The van der Waals surface area contributed by atoms with Gasteiger partial charge in [0.25, 0.3) is 0 Å². The van der Waals surface area contributed by atoms with Gasteiger partial charge in [-0.2, -0.15) is 5.26 Å². The first kappa shape index (κ1) is 13.8. The van der Waals surface area contributed by atoms with E-state index < -0.39 is 5.54 Å². The summed E-state index contributed by atoms with van der Waals surface area (Å²) < 4.78 is 5.86. The van der Waals surface area contributed by atoms with Gasteiger partial charge in [0.15, 0.2) is 0 Å². The van der Waals surface area contributed by atoms with Crippen LogP contribution >= 0.6 is 0 Å². The zero-order chi connectivity index (χ0) is 13.2. The molecule has 2 aliphatic rings. The second kappa shape index (κ2) is 5.56. The van der Waals surface area contributed by atoms with Gasteiger partial charge in [-0.25, -0.2) is 0 Å². The van der Waals surface area contributed by atoms with E-state index in [0.717, 1.165) is 26.1 Å². The lowest BCUT2D eigenvalue weighted by molar-refractivity contribution is -0.0531. The van der Waals surface area contributed by atoms with Crippen molar-refractivity contribution in [3.8, 4) is 6.07 Å². The maximum Gasteiger partial charge on any atom is 0.105 e. The summed E-state index contributed by atoms with van der Waals surface area (Å²) in [5.41, 5.74) is -0.411. The summed E-state index contributed by atoms with van der Waals surface area (Å²) in [5.74, 6) is 0. The van der Waals surface area contributed by atoms with Crippen LogP contribution in [0, 0.1) is 11.3 Å². The molecule has 2 saturated heterocycles. The van der Waals surface area contributed by atoms with Crippen LogP contribution in [0.15, 0.2) is 0 Å². The molecule has 102 valence electrons. The van der Waals surface area contributed by atoms with Crippen LogP contribution in [0.1, 0.15) is 40.0 Å². The van der Waals surface area contributed by atoms with Crippen molar-refractivity contribution in [2.75, 3.05) is 19.6 Å². The zero-order valence-corrected chi connectivity index (χ0v) is 11.8. The minimum atomic E-state index is -0.411. The van der Waals surface area contributed by atoms with Crippen molar-refractivity contribution < 1.29 is 4.74 Å². The minimum Gasteiger partial charge on any atom is -0.372 e. The molecular weight excluding hydrogens is 226 g/mol. The molecule has 2 fully saturated rings. The summed E-state index contributed by atoms with van der Waals surface area (Å²) in [6, 6.07) is 2.85. The quantitative estimate of drug-likeness (QED) is 0.805. The molecule has 0 amide bonds. The van der Waals surface area contributed by atoms with Gasteiger partial charge in [-0.05, 0) is 39.7 Å². The highest BCUT2D eigenvalue weighted by molar-refractivity contribution is 5.05. The van der Waals surface area contributed by atoms with Crippen molar-refractivity contribution in [3.05, 3.63) is 0 Å². The summed E-state index contributed by atoms with van der Waals surface area (Å²) >= 11 is 0. The molecule has 0 spiro atoms. The van der Waals surface area contributed by atoms with E-state index in [0.29, 0.717) is 18.2 Å². The third kappa shape index (κ3) is 3.03. The smallest absolute Gasteiger partial charge is 0.105 e. The topological polar surface area (TPSA) is 48.3 Å². The highest BCUT2D eigenvalue weighted by Gasteiger charge is 2.37. The van der Waals surface area contributed by atoms with Crippen LogP contribution in [0.2, 0.25) is 0 Å². The van der Waals surface area contributed by atoms with Crippen molar-refractivity contribution in [2.45, 2.75) is 63.8 Å². The molecule has 0 aromatic heterocycles. The monoisotopic (exact) mass is 251 g/mol. The van der Waals surface area contributed by atoms with E-state index in [9.17, 15) is 5.26 Å². The van der Waals surface area contributed by atoms with Crippen molar-refractivity contribution in [1.82, 2.24) is 10.2 Å². The summed E-state index contributed by atoms with van der Waals surface area (Å²) in [4.78, 5) is 2.50. The Morgan fingerprint density at radius 2 is 2.06 bits per heavy atom. The number of nitrogens with zero attached hydrogens (tertiary/aromatic N) is 2. The van der Waals surface area contributed by atoms with Gasteiger partial charge in [0.2, 0.25) is 0 Å². The number of nitrogens with one attached hydrogen (secondary N) is 1. The lowest BCUT2D eigenvalue weighted by Crippen LogP contribution is -2.51. The van der Waals surface area contributed by atoms with Crippen molar-refractivity contribution in [2.24, 2.45) is 0 Å². The molecule has 0 saturated carbocycles. The molecule has 4 heteroatoms. The fraction of sp³-hybridized carbons (Fsp3) is 0.929. The molecular formula is C14H25N3O. The summed E-state index contributed by atoms with van der Waals surface area (Å²) in [7, 11) is 0. The van der Waals surface area contributed by atoms with Gasteiger partial charge in [0.05, 0.1) is 18.3 Å². The normalized spacial score (nSPS) is 32.8. The van der Waals surface area contributed by atoms with Crippen molar-refractivity contribution in [1.29, 1.82) is 5.26 Å². The lowest BCUT2D eigenvalue weighted by Gasteiger charge is -2.39. The Hall–Kier alpha value is -0.630. The van der Waals surface area contributed by atoms with Gasteiger partial charge in [-0.3, -0.25) is 10.2 Å². The second-order valence-electron chi connectivity index (χ2n) is 5.94. The highest BCUT2D eigenvalue weighted by Crippen LogP contribution is 2.28. The van der Waals surface area contributed by atoms with Crippen LogP contribution in [0.4, 0.5) is 0 Å². The molecule has 0 aliphatic carbocycles. The Kier molecular flexibility index (Phi) is 4.26. The molecule has 2 rings (SSSR count). The van der Waals surface area contributed by atoms with Gasteiger partial charge < -0.3 is 4.74 Å². The zero-order valence-electron chi connectivity index (χ0n) is 11.8. The highest BCUT2D eigenvalue weighted by atomic mass is 16.5. The van der Waals surface area contributed by atoms with Gasteiger partial charge >= 0.3 is 0 Å². The van der Waals surface area contributed by atoms with Crippen molar-refractivity contribution >= 4 is 0 Å². The maximum atomic E-state index is 9.32. The summed E-state index contributed by atoms with van der Waals surface area (Å²) in [6.45, 7) is 9.19. The summed E-state index contributed by atoms with van der Waals surface area (Å²) in [5, 5.41) is 12.6. The van der Waals surface area contributed by atoms with Crippen LogP contribution in [0.5, 0.6) is 0 Å². The lowest BCUT2D eigenvalue weighted by atomic mass is 9.94. The van der Waals surface area contributed by atoms with E-state index in [4.69, 9.17) is 4.74 Å². The Labute approximate surface area is 110 Å². The Bertz CT molecular complexity index is 315. The first-order valence-corrected chi connectivity index (χ1v) is 7.12. The van der Waals surface area contributed by atoms with E-state index in [-0.39, 0.29) is 0 Å². The first-order chi connectivity index (χ1) is 8.56. The molecule has 4 atom stereocenters. The number of fused-ring (bicyclic) bond motifs is 2. The van der Waals surface area contributed by atoms with E-state index in [1.165, 1.54) is 12.8 Å². The van der Waals surface area contributed by atoms with Crippen LogP contribution in [0.3, 0.4) is 0 Å². The van der Waals surface area contributed by atoms with Gasteiger partial charge in [0, 0.05) is 19.1 Å². The Morgan fingerprint density at radius 1 is 1.44 bits per heavy atom. The maximum absolute atomic E-state index is 9.32. The second-order valence-corrected chi connectivity index (χ2v) is 5.94. The summed E-state index contributed by atoms with van der Waals surface area (Å²) in [6.07, 6.45) is 4.14. The number of rotatable bonds is 5. The van der Waals surface area contributed by atoms with Gasteiger partial charge in [-0.1, -0.05) is 6.92 Å². The minimum absolute atomic E-state index is 0.411.